The first-order chi connectivity index (χ1) is 9.33. The predicted molar refractivity (Wildman–Crippen MR) is 80.4 cm³/mol. The van der Waals surface area contributed by atoms with Gasteiger partial charge >= 0.3 is 0 Å². The fourth-order valence-corrected chi connectivity index (χ4v) is 4.22. The van der Waals surface area contributed by atoms with Crippen molar-refractivity contribution in [3.05, 3.63) is 0 Å². The van der Waals surface area contributed by atoms with Crippen molar-refractivity contribution in [1.29, 1.82) is 0 Å². The van der Waals surface area contributed by atoms with Crippen LogP contribution in [0.2, 0.25) is 0 Å². The molecule has 1 fully saturated rings. The van der Waals surface area contributed by atoms with Crippen LogP contribution in [-0.2, 0) is 13.8 Å². The maximum Gasteiger partial charge on any atom is 0.259 e. The molecule has 0 aromatic rings. The minimum Gasteiger partial charge on any atom is -0.369 e. The topological polar surface area (TPSA) is 30.9 Å². The van der Waals surface area contributed by atoms with Gasteiger partial charge in [0.1, 0.15) is 6.10 Å². The average Bonchev–Trinajstić information content (AvgIpc) is 2.64. The molecule has 1 rings (SSSR count). The molecule has 0 saturated carbocycles. The second-order valence-electron chi connectivity index (χ2n) is 5.79. The summed E-state index contributed by atoms with van der Waals surface area (Å²) in [5.41, 5.74) is 0. The first kappa shape index (κ1) is 18.2. The van der Waals surface area contributed by atoms with Crippen LogP contribution in [0.15, 0.2) is 0 Å². The Bertz CT molecular complexity index is 286. The predicted octanol–water partition coefficient (Wildman–Crippen LogP) is 3.90. The van der Waals surface area contributed by atoms with Gasteiger partial charge in [-0.2, -0.15) is 0 Å². The number of hydrogen-bond donors (Lipinski definition) is 0. The number of nitrogens with zero attached hydrogens (tertiary/aromatic N) is 1. The third kappa shape index (κ3) is 4.11. The average molecular weight is 309 g/mol. The van der Waals surface area contributed by atoms with E-state index in [1.807, 2.05) is 6.92 Å². The van der Waals surface area contributed by atoms with E-state index in [-0.39, 0.29) is 18.2 Å². The molecule has 1 aliphatic rings. The van der Waals surface area contributed by atoms with E-state index in [9.17, 15) is 4.39 Å². The minimum atomic E-state index is -1.28. The van der Waals surface area contributed by atoms with Gasteiger partial charge in [0.2, 0.25) is 0 Å². The Morgan fingerprint density at radius 3 is 2.20 bits per heavy atom. The summed E-state index contributed by atoms with van der Waals surface area (Å²) in [5.74, 6) is 0. The summed E-state index contributed by atoms with van der Waals surface area (Å²) in [6.07, 6.45) is -1.50. The Labute approximate surface area is 123 Å². The van der Waals surface area contributed by atoms with E-state index >= 15 is 0 Å². The van der Waals surface area contributed by atoms with Crippen molar-refractivity contribution < 1.29 is 18.2 Å². The number of rotatable bonds is 7. The van der Waals surface area contributed by atoms with E-state index in [2.05, 4.69) is 32.4 Å². The van der Waals surface area contributed by atoms with Crippen molar-refractivity contribution in [3.8, 4) is 0 Å². The van der Waals surface area contributed by atoms with Crippen molar-refractivity contribution in [3.63, 3.8) is 0 Å². The molecule has 0 amide bonds. The Balaban J connectivity index is 2.80. The van der Waals surface area contributed by atoms with Gasteiger partial charge in [-0.05, 0) is 41.0 Å². The van der Waals surface area contributed by atoms with Gasteiger partial charge in [-0.3, -0.25) is 0 Å². The van der Waals surface area contributed by atoms with Crippen molar-refractivity contribution in [1.82, 2.24) is 4.67 Å². The zero-order chi connectivity index (χ0) is 15.4. The molecule has 120 valence electrons. The molecule has 20 heavy (non-hydrogen) atoms. The summed E-state index contributed by atoms with van der Waals surface area (Å²) >= 11 is 0. The highest BCUT2D eigenvalue weighted by Gasteiger charge is 2.45. The largest absolute Gasteiger partial charge is 0.369 e. The van der Waals surface area contributed by atoms with Gasteiger partial charge in [-0.1, -0.05) is 6.92 Å². The molecule has 0 aromatic carbocycles. The molecule has 4 nitrogen and oxygen atoms in total. The van der Waals surface area contributed by atoms with E-state index in [0.717, 1.165) is 6.42 Å². The highest BCUT2D eigenvalue weighted by molar-refractivity contribution is 7.44. The highest BCUT2D eigenvalue weighted by atomic mass is 31.2. The molecule has 1 aliphatic heterocycles. The lowest BCUT2D eigenvalue weighted by atomic mass is 10.1. The molecule has 1 saturated heterocycles. The van der Waals surface area contributed by atoms with Crippen LogP contribution in [0.5, 0.6) is 0 Å². The molecule has 0 N–H and O–H groups in total. The molecule has 0 radical (unpaired) electrons. The van der Waals surface area contributed by atoms with Crippen molar-refractivity contribution in [2.75, 3.05) is 7.11 Å². The quantitative estimate of drug-likeness (QED) is 0.667. The van der Waals surface area contributed by atoms with E-state index in [0.29, 0.717) is 0 Å². The monoisotopic (exact) mass is 309 g/mol. The number of ether oxygens (including phenoxy) is 1. The standard InChI is InChI=1S/C14H29FNO3P/c1-8-12-14(13(15)11(6)18-12)19-20(17-7)16(9(2)3)10(4)5/h9-14H,8H2,1-7H3/t11-,12+,13+,14?,20?/m0/s1. The van der Waals surface area contributed by atoms with Gasteiger partial charge < -0.3 is 13.8 Å². The summed E-state index contributed by atoms with van der Waals surface area (Å²) in [4.78, 5) is 0. The lowest BCUT2D eigenvalue weighted by Crippen LogP contribution is -2.37. The molecule has 6 heteroatoms. The normalized spacial score (nSPS) is 32.5. The third-order valence-corrected chi connectivity index (χ3v) is 5.57. The van der Waals surface area contributed by atoms with Crippen LogP contribution in [0, 0.1) is 0 Å². The van der Waals surface area contributed by atoms with Crippen molar-refractivity contribution >= 4 is 8.53 Å². The van der Waals surface area contributed by atoms with Gasteiger partial charge in [-0.15, -0.1) is 0 Å². The molecular weight excluding hydrogens is 280 g/mol. The molecule has 0 spiro atoms. The van der Waals surface area contributed by atoms with Gasteiger partial charge in [0.05, 0.1) is 12.2 Å². The number of hydrogen-bond acceptors (Lipinski definition) is 4. The summed E-state index contributed by atoms with van der Waals surface area (Å²) in [6, 6.07) is 0.554. The molecule has 0 bridgehead atoms. The fourth-order valence-electron chi connectivity index (χ4n) is 2.62. The summed E-state index contributed by atoms with van der Waals surface area (Å²) < 4.78 is 33.6. The third-order valence-electron chi connectivity index (χ3n) is 3.54. The number of alkyl halides is 1. The molecule has 0 aromatic heterocycles. The summed E-state index contributed by atoms with van der Waals surface area (Å²) in [7, 11) is 0.345. The van der Waals surface area contributed by atoms with Gasteiger partial charge in [-0.25, -0.2) is 9.06 Å². The van der Waals surface area contributed by atoms with Crippen molar-refractivity contribution in [2.45, 2.75) is 84.5 Å². The Morgan fingerprint density at radius 1 is 1.25 bits per heavy atom. The van der Waals surface area contributed by atoms with Crippen LogP contribution in [0.1, 0.15) is 48.0 Å². The summed E-state index contributed by atoms with van der Waals surface area (Å²) in [5, 5.41) is 0. The first-order valence-corrected chi connectivity index (χ1v) is 8.55. The van der Waals surface area contributed by atoms with Crippen LogP contribution >= 0.6 is 8.53 Å². The molecule has 5 atom stereocenters. The second-order valence-corrected chi connectivity index (χ2v) is 7.30. The Kier molecular flexibility index (Phi) is 7.30. The zero-order valence-electron chi connectivity index (χ0n) is 13.7. The van der Waals surface area contributed by atoms with E-state index in [1.165, 1.54) is 0 Å². The number of halogens is 1. The summed E-state index contributed by atoms with van der Waals surface area (Å²) in [6.45, 7) is 12.1. The van der Waals surface area contributed by atoms with Crippen LogP contribution in [0.4, 0.5) is 4.39 Å². The van der Waals surface area contributed by atoms with Crippen LogP contribution < -0.4 is 0 Å². The van der Waals surface area contributed by atoms with Gasteiger partial charge in [0.25, 0.3) is 8.53 Å². The highest BCUT2D eigenvalue weighted by Crippen LogP contribution is 2.48. The van der Waals surface area contributed by atoms with E-state index in [4.69, 9.17) is 13.8 Å². The lowest BCUT2D eigenvalue weighted by molar-refractivity contribution is 0.0172. The molecular formula is C14H29FNO3P. The van der Waals surface area contributed by atoms with Crippen molar-refractivity contribution in [2.24, 2.45) is 0 Å². The van der Waals surface area contributed by atoms with Gasteiger partial charge in [0, 0.05) is 19.2 Å². The Morgan fingerprint density at radius 2 is 1.80 bits per heavy atom. The first-order valence-electron chi connectivity index (χ1n) is 7.42. The maximum atomic E-state index is 14.3. The van der Waals surface area contributed by atoms with Gasteiger partial charge in [0.15, 0.2) is 6.17 Å². The zero-order valence-corrected chi connectivity index (χ0v) is 14.6. The molecule has 0 aliphatic carbocycles. The maximum absolute atomic E-state index is 14.3. The molecule has 2 unspecified atom stereocenters. The van der Waals surface area contributed by atoms with E-state index < -0.39 is 26.9 Å². The Hall–Kier alpha value is 0.200. The van der Waals surface area contributed by atoms with E-state index in [1.54, 1.807) is 14.0 Å². The SMILES string of the molecule is CC[C@H]1O[C@@H](C)[C@@H](F)C1OP(OC)N(C(C)C)C(C)C. The smallest absolute Gasteiger partial charge is 0.259 e. The van der Waals surface area contributed by atoms with Crippen LogP contribution in [-0.4, -0.2) is 48.3 Å². The minimum absolute atomic E-state index is 0.193. The lowest BCUT2D eigenvalue weighted by Gasteiger charge is -2.37. The fraction of sp³-hybridized carbons (Fsp3) is 1.00. The molecule has 1 heterocycles. The van der Waals surface area contributed by atoms with Crippen LogP contribution in [0.25, 0.3) is 0 Å². The second kappa shape index (κ2) is 8.00. The van der Waals surface area contributed by atoms with Crippen LogP contribution in [0.3, 0.4) is 0 Å².